The van der Waals surface area contributed by atoms with Gasteiger partial charge in [-0.05, 0) is 0 Å². The number of hydrogen-bond donors (Lipinski definition) is 0. The number of hydrogen-bond acceptors (Lipinski definition) is 0. The summed E-state index contributed by atoms with van der Waals surface area (Å²) in [4.78, 5) is 0. The molecular formula is C14H18Zn. The fraction of sp³-hybridized carbons (Fsp3) is 0.429. The minimum absolute atomic E-state index is 0.585. The van der Waals surface area contributed by atoms with Crippen LogP contribution in [-0.2, 0) is 17.1 Å². The summed E-state index contributed by atoms with van der Waals surface area (Å²) in [5, 5.41) is 0. The summed E-state index contributed by atoms with van der Waals surface area (Å²) < 4.78 is 3.68. The van der Waals surface area contributed by atoms with Crippen LogP contribution < -0.4 is 0 Å². The van der Waals surface area contributed by atoms with E-state index >= 15 is 0 Å². The van der Waals surface area contributed by atoms with Gasteiger partial charge in [-0.1, -0.05) is 0 Å². The molecule has 0 spiro atoms. The summed E-state index contributed by atoms with van der Waals surface area (Å²) in [6.45, 7) is 4.57. The van der Waals surface area contributed by atoms with Crippen LogP contribution in [0.25, 0.3) is 0 Å². The van der Waals surface area contributed by atoms with Gasteiger partial charge in [0, 0.05) is 0 Å². The Morgan fingerprint density at radius 2 is 1.40 bits per heavy atom. The van der Waals surface area contributed by atoms with Crippen molar-refractivity contribution in [3.05, 3.63) is 43.8 Å². The first-order chi connectivity index (χ1) is 7.35. The molecule has 15 heavy (non-hydrogen) atoms. The summed E-state index contributed by atoms with van der Waals surface area (Å²) in [5.41, 5.74) is 3.31. The molecule has 0 unspecified atom stereocenters. The van der Waals surface area contributed by atoms with Gasteiger partial charge < -0.3 is 0 Å². The van der Waals surface area contributed by atoms with Crippen LogP contribution in [0.3, 0.4) is 0 Å². The zero-order valence-electron chi connectivity index (χ0n) is 9.84. The van der Waals surface area contributed by atoms with E-state index in [2.05, 4.69) is 38.2 Å². The van der Waals surface area contributed by atoms with Crippen molar-refractivity contribution in [2.75, 3.05) is 0 Å². The van der Waals surface area contributed by atoms with Gasteiger partial charge in [0.1, 0.15) is 0 Å². The molecule has 0 nitrogen and oxygen atoms in total. The molecule has 2 aliphatic carbocycles. The van der Waals surface area contributed by atoms with E-state index in [1.54, 1.807) is 11.1 Å². The first kappa shape index (κ1) is 11.1. The van der Waals surface area contributed by atoms with Crippen LogP contribution in [0.5, 0.6) is 0 Å². The molecular weight excluding hydrogens is 234 g/mol. The average Bonchev–Trinajstić information content (AvgIpc) is 2.87. The van der Waals surface area contributed by atoms with Crippen molar-refractivity contribution in [1.29, 1.82) is 0 Å². The van der Waals surface area contributed by atoms with Gasteiger partial charge in [-0.3, -0.25) is 0 Å². The van der Waals surface area contributed by atoms with Gasteiger partial charge >= 0.3 is 100 Å². The summed E-state index contributed by atoms with van der Waals surface area (Å²) >= 11 is -0.585. The Bertz CT molecular complexity index is 331. The van der Waals surface area contributed by atoms with E-state index in [4.69, 9.17) is 0 Å². The second kappa shape index (κ2) is 5.08. The van der Waals surface area contributed by atoms with Crippen LogP contribution in [0, 0.1) is 0 Å². The Labute approximate surface area is 100 Å². The second-order valence-electron chi connectivity index (χ2n) is 4.35. The van der Waals surface area contributed by atoms with Gasteiger partial charge in [0.2, 0.25) is 0 Å². The van der Waals surface area contributed by atoms with E-state index in [1.807, 2.05) is 8.33 Å². The Morgan fingerprint density at radius 1 is 0.933 bits per heavy atom. The van der Waals surface area contributed by atoms with E-state index in [1.165, 1.54) is 25.7 Å². The Hall–Kier alpha value is -0.417. The summed E-state index contributed by atoms with van der Waals surface area (Å²) in [5.74, 6) is 0. The van der Waals surface area contributed by atoms with Crippen molar-refractivity contribution in [1.82, 2.24) is 0 Å². The quantitative estimate of drug-likeness (QED) is 0.653. The third-order valence-corrected chi connectivity index (χ3v) is 8.37. The van der Waals surface area contributed by atoms with Crippen molar-refractivity contribution in [3.8, 4) is 0 Å². The zero-order chi connectivity index (χ0) is 10.7. The monoisotopic (exact) mass is 250 g/mol. The van der Waals surface area contributed by atoms with Crippen LogP contribution >= 0.6 is 0 Å². The maximum atomic E-state index is 2.36. The van der Waals surface area contributed by atoms with Gasteiger partial charge in [-0.2, -0.15) is 0 Å². The van der Waals surface area contributed by atoms with Crippen LogP contribution in [0.1, 0.15) is 39.5 Å². The SMILES string of the molecule is CCC1=[C]([Zn][C]2=C(CC)C=CC2)CC=C1. The number of allylic oxidation sites excluding steroid dienone is 8. The topological polar surface area (TPSA) is 0 Å². The predicted molar refractivity (Wildman–Crippen MR) is 62.1 cm³/mol. The first-order valence-electron chi connectivity index (χ1n) is 6.10. The van der Waals surface area contributed by atoms with Gasteiger partial charge in [0.25, 0.3) is 0 Å². The average molecular weight is 252 g/mol. The molecule has 0 fully saturated rings. The van der Waals surface area contributed by atoms with Crippen molar-refractivity contribution in [3.63, 3.8) is 0 Å². The maximum absolute atomic E-state index is 2.36. The van der Waals surface area contributed by atoms with E-state index in [0.717, 1.165) is 0 Å². The summed E-state index contributed by atoms with van der Waals surface area (Å²) in [6.07, 6.45) is 14.4. The molecule has 0 aromatic heterocycles. The Morgan fingerprint density at radius 3 is 1.80 bits per heavy atom. The van der Waals surface area contributed by atoms with Crippen molar-refractivity contribution in [2.45, 2.75) is 39.5 Å². The second-order valence-corrected chi connectivity index (χ2v) is 8.68. The fourth-order valence-electron chi connectivity index (χ4n) is 2.55. The molecule has 0 atom stereocenters. The van der Waals surface area contributed by atoms with Gasteiger partial charge in [-0.25, -0.2) is 0 Å². The molecule has 0 aromatic carbocycles. The van der Waals surface area contributed by atoms with Gasteiger partial charge in [0.15, 0.2) is 0 Å². The standard InChI is InChI=1S/2C7H9.Zn/c2*1-2-7-5-3-4-6-7;/h2*3,5H,2,4H2,1H3;. The third-order valence-electron chi connectivity index (χ3n) is 3.46. The molecule has 0 saturated heterocycles. The molecule has 2 rings (SSSR count). The van der Waals surface area contributed by atoms with Crippen LogP contribution in [0.2, 0.25) is 0 Å². The van der Waals surface area contributed by atoms with E-state index in [0.29, 0.717) is 0 Å². The molecule has 0 aromatic rings. The molecule has 2 aliphatic rings. The summed E-state index contributed by atoms with van der Waals surface area (Å²) in [6, 6.07) is 0. The minimum atomic E-state index is -0.585. The van der Waals surface area contributed by atoms with Gasteiger partial charge in [0.05, 0.1) is 0 Å². The molecule has 0 N–H and O–H groups in total. The Kier molecular flexibility index (Phi) is 3.75. The Balaban J connectivity index is 2.10. The van der Waals surface area contributed by atoms with E-state index in [-0.39, 0.29) is 0 Å². The van der Waals surface area contributed by atoms with E-state index < -0.39 is 17.1 Å². The van der Waals surface area contributed by atoms with Crippen molar-refractivity contribution in [2.24, 2.45) is 0 Å². The van der Waals surface area contributed by atoms with Crippen LogP contribution in [0.4, 0.5) is 0 Å². The molecule has 0 bridgehead atoms. The fourth-order valence-corrected chi connectivity index (χ4v) is 7.43. The van der Waals surface area contributed by atoms with Crippen LogP contribution in [-0.4, -0.2) is 0 Å². The van der Waals surface area contributed by atoms with Crippen LogP contribution in [0.15, 0.2) is 43.8 Å². The molecule has 0 heterocycles. The summed E-state index contributed by atoms with van der Waals surface area (Å²) in [7, 11) is 0. The van der Waals surface area contributed by atoms with Crippen molar-refractivity contribution >= 4 is 0 Å². The molecule has 0 saturated carbocycles. The van der Waals surface area contributed by atoms with Gasteiger partial charge in [-0.15, -0.1) is 0 Å². The van der Waals surface area contributed by atoms with Crippen molar-refractivity contribution < 1.29 is 17.1 Å². The molecule has 0 aliphatic heterocycles. The predicted octanol–water partition coefficient (Wildman–Crippen LogP) is 4.32. The molecule has 1 heteroatoms. The molecule has 0 amide bonds. The first-order valence-corrected chi connectivity index (χ1v) is 9.06. The molecule has 0 radical (unpaired) electrons. The molecule has 76 valence electrons. The zero-order valence-corrected chi connectivity index (χ0v) is 12.8. The third kappa shape index (κ3) is 2.40. The number of rotatable bonds is 4. The van der Waals surface area contributed by atoms with E-state index in [9.17, 15) is 0 Å². The normalized spacial score (nSPS) is 19.3.